The SMILES string of the molecule is NC(=O)c1c(NC(=O)Nc2ccccc2)[nH]c2ccccc12. The van der Waals surface area contributed by atoms with Gasteiger partial charge in [-0.1, -0.05) is 36.4 Å². The molecule has 2 aromatic carbocycles. The number of aromatic nitrogens is 1. The van der Waals surface area contributed by atoms with Crippen LogP contribution in [0.1, 0.15) is 10.4 Å². The first kappa shape index (κ1) is 13.7. The smallest absolute Gasteiger partial charge is 0.324 e. The summed E-state index contributed by atoms with van der Waals surface area (Å²) in [6, 6.07) is 15.8. The molecule has 0 aliphatic carbocycles. The number of benzene rings is 2. The fourth-order valence-electron chi connectivity index (χ4n) is 2.29. The van der Waals surface area contributed by atoms with Gasteiger partial charge in [0.25, 0.3) is 5.91 Å². The maximum Gasteiger partial charge on any atom is 0.324 e. The molecule has 6 heteroatoms. The summed E-state index contributed by atoms with van der Waals surface area (Å²) in [7, 11) is 0. The van der Waals surface area contributed by atoms with Gasteiger partial charge in [0.2, 0.25) is 0 Å². The molecule has 0 atom stereocenters. The van der Waals surface area contributed by atoms with Crippen molar-refractivity contribution in [3.8, 4) is 0 Å². The molecule has 0 bridgehead atoms. The van der Waals surface area contributed by atoms with Gasteiger partial charge in [0.05, 0.1) is 5.56 Å². The topological polar surface area (TPSA) is 100 Å². The molecular formula is C16H14N4O2. The summed E-state index contributed by atoms with van der Waals surface area (Å²) in [5.74, 6) is -0.324. The van der Waals surface area contributed by atoms with E-state index < -0.39 is 11.9 Å². The number of hydrogen-bond donors (Lipinski definition) is 4. The Labute approximate surface area is 126 Å². The van der Waals surface area contributed by atoms with Crippen LogP contribution in [0.2, 0.25) is 0 Å². The number of aromatic amines is 1. The van der Waals surface area contributed by atoms with Crippen molar-refractivity contribution in [3.05, 3.63) is 60.2 Å². The minimum Gasteiger partial charge on any atom is -0.365 e. The third-order valence-corrected chi connectivity index (χ3v) is 3.22. The van der Waals surface area contributed by atoms with Gasteiger partial charge < -0.3 is 16.0 Å². The van der Waals surface area contributed by atoms with Gasteiger partial charge in [-0.15, -0.1) is 0 Å². The number of hydrogen-bond acceptors (Lipinski definition) is 2. The number of anilines is 2. The highest BCUT2D eigenvalue weighted by Crippen LogP contribution is 2.25. The molecular weight excluding hydrogens is 280 g/mol. The van der Waals surface area contributed by atoms with Gasteiger partial charge in [-0.25, -0.2) is 4.79 Å². The molecule has 0 saturated heterocycles. The van der Waals surface area contributed by atoms with E-state index in [0.29, 0.717) is 11.1 Å². The molecule has 6 nitrogen and oxygen atoms in total. The standard InChI is InChI=1S/C16H14N4O2/c17-14(21)13-11-8-4-5-9-12(11)19-15(13)20-16(22)18-10-6-2-1-3-7-10/h1-9,19H,(H2,17,21)(H2,18,20,22). The molecule has 1 heterocycles. The molecule has 0 fully saturated rings. The molecule has 110 valence electrons. The molecule has 0 saturated carbocycles. The van der Waals surface area contributed by atoms with E-state index in [4.69, 9.17) is 5.73 Å². The number of urea groups is 1. The third kappa shape index (κ3) is 2.62. The predicted octanol–water partition coefficient (Wildman–Crippen LogP) is 2.91. The Bertz CT molecular complexity index is 840. The number of rotatable bonds is 3. The lowest BCUT2D eigenvalue weighted by atomic mass is 10.1. The van der Waals surface area contributed by atoms with Crippen LogP contribution in [0.4, 0.5) is 16.3 Å². The highest BCUT2D eigenvalue weighted by molar-refractivity contribution is 6.14. The highest BCUT2D eigenvalue weighted by Gasteiger charge is 2.17. The fourth-order valence-corrected chi connectivity index (χ4v) is 2.29. The van der Waals surface area contributed by atoms with Crippen molar-refractivity contribution in [3.63, 3.8) is 0 Å². The second-order valence-electron chi connectivity index (χ2n) is 4.73. The second kappa shape index (κ2) is 5.61. The van der Waals surface area contributed by atoms with E-state index >= 15 is 0 Å². The van der Waals surface area contributed by atoms with Gasteiger partial charge in [0.15, 0.2) is 0 Å². The number of primary amides is 1. The van der Waals surface area contributed by atoms with Crippen molar-refractivity contribution in [2.75, 3.05) is 10.6 Å². The van der Waals surface area contributed by atoms with Crippen LogP contribution < -0.4 is 16.4 Å². The van der Waals surface area contributed by atoms with E-state index in [9.17, 15) is 9.59 Å². The van der Waals surface area contributed by atoms with Crippen molar-refractivity contribution < 1.29 is 9.59 Å². The lowest BCUT2D eigenvalue weighted by Gasteiger charge is -2.07. The van der Waals surface area contributed by atoms with Crippen LogP contribution in [0.5, 0.6) is 0 Å². The first-order valence-corrected chi connectivity index (χ1v) is 6.68. The maximum atomic E-state index is 12.0. The monoisotopic (exact) mass is 294 g/mol. The van der Waals surface area contributed by atoms with Crippen molar-refractivity contribution in [2.45, 2.75) is 0 Å². The zero-order valence-corrected chi connectivity index (χ0v) is 11.6. The van der Waals surface area contributed by atoms with Gasteiger partial charge in [-0.05, 0) is 18.2 Å². The number of nitrogens with one attached hydrogen (secondary N) is 3. The molecule has 3 rings (SSSR count). The van der Waals surface area contributed by atoms with Gasteiger partial charge in [0, 0.05) is 16.6 Å². The van der Waals surface area contributed by atoms with Gasteiger partial charge >= 0.3 is 6.03 Å². The van der Waals surface area contributed by atoms with E-state index in [-0.39, 0.29) is 11.4 Å². The molecule has 1 aromatic heterocycles. The molecule has 0 radical (unpaired) electrons. The van der Waals surface area contributed by atoms with Crippen molar-refractivity contribution in [1.29, 1.82) is 0 Å². The normalized spacial score (nSPS) is 10.4. The van der Waals surface area contributed by atoms with Gasteiger partial charge in [0.1, 0.15) is 5.82 Å². The summed E-state index contributed by atoms with van der Waals surface area (Å²) in [6.07, 6.45) is 0. The second-order valence-corrected chi connectivity index (χ2v) is 4.73. The fraction of sp³-hybridized carbons (Fsp3) is 0. The minimum atomic E-state index is -0.604. The Morgan fingerprint density at radius 3 is 2.32 bits per heavy atom. The quantitative estimate of drug-likeness (QED) is 0.597. The number of fused-ring (bicyclic) bond motifs is 1. The largest absolute Gasteiger partial charge is 0.365 e. The van der Waals surface area contributed by atoms with E-state index in [2.05, 4.69) is 15.6 Å². The predicted molar refractivity (Wildman–Crippen MR) is 85.9 cm³/mol. The number of nitrogens with two attached hydrogens (primary N) is 1. The molecule has 22 heavy (non-hydrogen) atoms. The Hall–Kier alpha value is -3.28. The van der Waals surface area contributed by atoms with Gasteiger partial charge in [-0.2, -0.15) is 0 Å². The molecule has 5 N–H and O–H groups in total. The number of carbonyl (C=O) groups excluding carboxylic acids is 2. The van der Waals surface area contributed by atoms with E-state index in [1.165, 1.54) is 0 Å². The van der Waals surface area contributed by atoms with Crippen LogP contribution in [0.25, 0.3) is 10.9 Å². The highest BCUT2D eigenvalue weighted by atomic mass is 16.2. The van der Waals surface area contributed by atoms with Crippen LogP contribution in [-0.2, 0) is 0 Å². The third-order valence-electron chi connectivity index (χ3n) is 3.22. The Morgan fingerprint density at radius 1 is 0.909 bits per heavy atom. The summed E-state index contributed by atoms with van der Waals surface area (Å²) in [6.45, 7) is 0. The Kier molecular flexibility index (Phi) is 3.49. The first-order chi connectivity index (χ1) is 10.6. The van der Waals surface area contributed by atoms with Crippen LogP contribution in [0, 0.1) is 0 Å². The Balaban J connectivity index is 1.89. The van der Waals surface area contributed by atoms with Crippen LogP contribution in [0.15, 0.2) is 54.6 Å². The molecule has 0 unspecified atom stereocenters. The number of amides is 3. The minimum absolute atomic E-state index is 0.263. The number of carbonyl (C=O) groups is 2. The van der Waals surface area contributed by atoms with E-state index in [0.717, 1.165) is 5.52 Å². The average molecular weight is 294 g/mol. The van der Waals surface area contributed by atoms with Gasteiger partial charge in [-0.3, -0.25) is 10.1 Å². The van der Waals surface area contributed by atoms with Crippen LogP contribution in [0.3, 0.4) is 0 Å². The van der Waals surface area contributed by atoms with E-state index in [1.54, 1.807) is 24.3 Å². The molecule has 0 spiro atoms. The van der Waals surface area contributed by atoms with Crippen molar-refractivity contribution in [2.24, 2.45) is 5.73 Å². The summed E-state index contributed by atoms with van der Waals surface area (Å²) >= 11 is 0. The maximum absolute atomic E-state index is 12.0. The molecule has 3 amide bonds. The zero-order chi connectivity index (χ0) is 15.5. The number of para-hydroxylation sites is 2. The number of H-pyrrole nitrogens is 1. The lowest BCUT2D eigenvalue weighted by molar-refractivity contribution is 0.100. The van der Waals surface area contributed by atoms with Crippen LogP contribution >= 0.6 is 0 Å². The summed E-state index contributed by atoms with van der Waals surface area (Å²) in [5, 5.41) is 5.97. The first-order valence-electron chi connectivity index (χ1n) is 6.68. The van der Waals surface area contributed by atoms with Crippen LogP contribution in [-0.4, -0.2) is 16.9 Å². The summed E-state index contributed by atoms with van der Waals surface area (Å²) in [5.41, 5.74) is 7.06. The lowest BCUT2D eigenvalue weighted by Crippen LogP contribution is -2.22. The average Bonchev–Trinajstić information content (AvgIpc) is 2.85. The molecule has 3 aromatic rings. The van der Waals surface area contributed by atoms with Crippen molar-refractivity contribution >= 4 is 34.3 Å². The molecule has 0 aliphatic heterocycles. The molecule has 0 aliphatic rings. The van der Waals surface area contributed by atoms with Crippen molar-refractivity contribution in [1.82, 2.24) is 4.98 Å². The zero-order valence-electron chi connectivity index (χ0n) is 11.6. The summed E-state index contributed by atoms with van der Waals surface area (Å²) < 4.78 is 0. The summed E-state index contributed by atoms with van der Waals surface area (Å²) in [4.78, 5) is 26.7. The Morgan fingerprint density at radius 2 is 1.59 bits per heavy atom. The van der Waals surface area contributed by atoms with E-state index in [1.807, 2.05) is 30.3 Å².